The zero-order chi connectivity index (χ0) is 10.7. The second kappa shape index (κ2) is 4.55. The number of rotatable bonds is 2. The third kappa shape index (κ3) is 2.35. The average Bonchev–Trinajstić information content (AvgIpc) is 2.31. The van der Waals surface area contributed by atoms with Crippen molar-refractivity contribution < 1.29 is 0 Å². The third-order valence-corrected chi connectivity index (χ3v) is 12.5. The van der Waals surface area contributed by atoms with Crippen molar-refractivity contribution >= 4 is 33.1 Å². The van der Waals surface area contributed by atoms with E-state index in [0.29, 0.717) is 0 Å². The molecule has 0 unspecified atom stereocenters. The maximum atomic E-state index is 3.46. The quantitative estimate of drug-likeness (QED) is 0.729. The molecule has 0 fully saturated rings. The van der Waals surface area contributed by atoms with E-state index in [-0.39, 0.29) is 0 Å². The predicted molar refractivity (Wildman–Crippen MR) is 70.9 cm³/mol. The Hall–Kier alpha value is -0.521. The van der Waals surface area contributed by atoms with Crippen molar-refractivity contribution in [3.63, 3.8) is 0 Å². The summed E-state index contributed by atoms with van der Waals surface area (Å²) in [5.41, 5.74) is 0. The minimum absolute atomic E-state index is 1.47. The normalized spacial score (nSPS) is 12.3. The zero-order valence-corrected chi connectivity index (χ0v) is 12.2. The van der Waals surface area contributed by atoms with Crippen molar-refractivity contribution in [1.82, 2.24) is 0 Å². The molecule has 0 aromatic heterocycles. The fourth-order valence-electron chi connectivity index (χ4n) is 1.57. The first-order valence-corrected chi connectivity index (χ1v) is 13.4. The second-order valence-corrected chi connectivity index (χ2v) is 17.6. The van der Waals surface area contributed by atoms with Crippen molar-refractivity contribution in [3.8, 4) is 0 Å². The molecule has 15 heavy (non-hydrogen) atoms. The summed E-state index contributed by atoms with van der Waals surface area (Å²) in [6.07, 6.45) is 0. The van der Waals surface area contributed by atoms with Crippen LogP contribution in [-0.4, -0.2) is 24.1 Å². The molecule has 0 amide bonds. The van der Waals surface area contributed by atoms with Gasteiger partial charge in [0, 0.05) is 0 Å². The SMILES string of the molecule is C[SeH](=[Se])(c1ccccc1)c1ccccc1. The molecule has 0 N–H and O–H groups in total. The average molecular weight is 328 g/mol. The monoisotopic (exact) mass is 330 g/mol. The van der Waals surface area contributed by atoms with E-state index in [4.69, 9.17) is 0 Å². The molecule has 2 aromatic carbocycles. The fraction of sp³-hybridized carbons (Fsp3) is 0.0769. The molecule has 0 aliphatic rings. The Bertz CT molecular complexity index is 431. The van der Waals surface area contributed by atoms with Crippen molar-refractivity contribution in [2.24, 2.45) is 0 Å². The van der Waals surface area contributed by atoms with Crippen LogP contribution in [0.5, 0.6) is 0 Å². The molecule has 0 spiro atoms. The standard InChI is InChI=1S/C13H14Se2/c1-15(14,12-8-4-2-5-9-12)13-10-6-3-7-11-13/h2-11,15H,1H3. The first-order valence-electron chi connectivity index (χ1n) is 4.90. The summed E-state index contributed by atoms with van der Waals surface area (Å²) in [4.78, 5) is 0. The second-order valence-electron chi connectivity index (χ2n) is 3.60. The van der Waals surface area contributed by atoms with Gasteiger partial charge in [0.2, 0.25) is 0 Å². The van der Waals surface area contributed by atoms with Crippen LogP contribution in [-0.2, 0) is 0 Å². The van der Waals surface area contributed by atoms with Gasteiger partial charge in [0.15, 0.2) is 0 Å². The Morgan fingerprint density at radius 1 is 0.733 bits per heavy atom. The summed E-state index contributed by atoms with van der Waals surface area (Å²) in [7, 11) is -1.95. The van der Waals surface area contributed by atoms with E-state index in [1.807, 2.05) is 0 Å². The van der Waals surface area contributed by atoms with E-state index in [2.05, 4.69) is 80.1 Å². The van der Waals surface area contributed by atoms with Gasteiger partial charge in [-0.05, 0) is 0 Å². The van der Waals surface area contributed by atoms with Crippen LogP contribution in [0.25, 0.3) is 0 Å². The molecule has 2 heteroatoms. The molecular formula is C13H14Se2. The summed E-state index contributed by atoms with van der Waals surface area (Å²) in [5.74, 6) is 2.38. The third-order valence-electron chi connectivity index (χ3n) is 2.50. The summed E-state index contributed by atoms with van der Waals surface area (Å²) in [5, 5.41) is 0. The van der Waals surface area contributed by atoms with Crippen LogP contribution in [0.2, 0.25) is 5.82 Å². The molecule has 2 aromatic rings. The van der Waals surface area contributed by atoms with E-state index < -0.39 is 10.5 Å². The van der Waals surface area contributed by atoms with Crippen LogP contribution >= 0.6 is 0 Å². The van der Waals surface area contributed by atoms with Gasteiger partial charge in [0.1, 0.15) is 0 Å². The molecule has 0 bridgehead atoms. The van der Waals surface area contributed by atoms with Gasteiger partial charge in [-0.25, -0.2) is 0 Å². The van der Waals surface area contributed by atoms with Crippen molar-refractivity contribution in [1.29, 1.82) is 0 Å². The van der Waals surface area contributed by atoms with Crippen LogP contribution in [0.1, 0.15) is 0 Å². The van der Waals surface area contributed by atoms with Gasteiger partial charge in [-0.2, -0.15) is 0 Å². The summed E-state index contributed by atoms with van der Waals surface area (Å²) in [6, 6.07) is 21.6. The summed E-state index contributed by atoms with van der Waals surface area (Å²) >= 11 is 3.46. The Balaban J connectivity index is 2.50. The molecule has 0 saturated heterocycles. The molecule has 78 valence electrons. The number of benzene rings is 2. The first kappa shape index (κ1) is 11.0. The van der Waals surface area contributed by atoms with E-state index in [1.165, 1.54) is 8.92 Å². The Morgan fingerprint density at radius 2 is 1.07 bits per heavy atom. The van der Waals surface area contributed by atoms with Crippen LogP contribution in [0.15, 0.2) is 60.7 Å². The van der Waals surface area contributed by atoms with Gasteiger partial charge in [0.25, 0.3) is 0 Å². The predicted octanol–water partition coefficient (Wildman–Crippen LogP) is 1.28. The van der Waals surface area contributed by atoms with Crippen molar-refractivity contribution in [2.75, 3.05) is 0 Å². The minimum atomic E-state index is -1.95. The Morgan fingerprint density at radius 3 is 1.40 bits per heavy atom. The molecule has 0 atom stereocenters. The van der Waals surface area contributed by atoms with Gasteiger partial charge in [-0.15, -0.1) is 0 Å². The molecule has 2 rings (SSSR count). The van der Waals surface area contributed by atoms with Gasteiger partial charge in [-0.1, -0.05) is 0 Å². The van der Waals surface area contributed by atoms with Crippen molar-refractivity contribution in [2.45, 2.75) is 5.82 Å². The van der Waals surface area contributed by atoms with Gasteiger partial charge < -0.3 is 0 Å². The van der Waals surface area contributed by atoms with Gasteiger partial charge in [-0.3, -0.25) is 0 Å². The Kier molecular flexibility index (Phi) is 3.33. The van der Waals surface area contributed by atoms with E-state index in [9.17, 15) is 0 Å². The van der Waals surface area contributed by atoms with Crippen molar-refractivity contribution in [3.05, 3.63) is 60.7 Å². The van der Waals surface area contributed by atoms with Gasteiger partial charge >= 0.3 is 99.5 Å². The number of hydrogen-bond donors (Lipinski definition) is 0. The van der Waals surface area contributed by atoms with E-state index >= 15 is 0 Å². The summed E-state index contributed by atoms with van der Waals surface area (Å²) < 4.78 is 2.95. The molecule has 0 aliphatic heterocycles. The van der Waals surface area contributed by atoms with Crippen LogP contribution in [0.3, 0.4) is 0 Å². The van der Waals surface area contributed by atoms with Gasteiger partial charge in [0.05, 0.1) is 0 Å². The summed E-state index contributed by atoms with van der Waals surface area (Å²) in [6.45, 7) is 0. The maximum absolute atomic E-state index is 3.46. The van der Waals surface area contributed by atoms with Crippen LogP contribution in [0.4, 0.5) is 0 Å². The molecule has 0 aliphatic carbocycles. The molecule has 0 nitrogen and oxygen atoms in total. The zero-order valence-electron chi connectivity index (χ0n) is 8.63. The fourth-order valence-corrected chi connectivity index (χ4v) is 7.96. The van der Waals surface area contributed by atoms with E-state index in [0.717, 1.165) is 0 Å². The number of hydrogen-bond acceptors (Lipinski definition) is 0. The topological polar surface area (TPSA) is 0 Å². The van der Waals surface area contributed by atoms with Crippen LogP contribution in [0, 0.1) is 0 Å². The Labute approximate surface area is 99.2 Å². The first-order chi connectivity index (χ1) is 7.21. The van der Waals surface area contributed by atoms with E-state index in [1.54, 1.807) is 0 Å². The molecule has 0 saturated carbocycles. The van der Waals surface area contributed by atoms with Crippen LogP contribution < -0.4 is 8.92 Å². The molecular weight excluding hydrogens is 314 g/mol. The molecule has 0 radical (unpaired) electrons. The molecule has 0 heterocycles.